The molecule has 0 aliphatic rings. The first-order chi connectivity index (χ1) is 9.11. The number of hydrogen-bond acceptors (Lipinski definition) is 1. The highest BCUT2D eigenvalue weighted by atomic mass is 19.4. The van der Waals surface area contributed by atoms with Crippen LogP contribution in [0.15, 0.2) is 18.2 Å². The minimum atomic E-state index is -5.59. The summed E-state index contributed by atoms with van der Waals surface area (Å²) in [5.41, 5.74) is 1.48. The van der Waals surface area contributed by atoms with E-state index in [1.54, 1.807) is 26.8 Å². The molecule has 0 radical (unpaired) electrons. The van der Waals surface area contributed by atoms with Crippen LogP contribution >= 0.6 is 0 Å². The largest absolute Gasteiger partial charge is 0.455 e. The smallest absolute Gasteiger partial charge is 0.305 e. The zero-order valence-electron chi connectivity index (χ0n) is 11.6. The van der Waals surface area contributed by atoms with Gasteiger partial charge in [-0.1, -0.05) is 25.1 Å². The van der Waals surface area contributed by atoms with Gasteiger partial charge in [0, 0.05) is 0 Å². The van der Waals surface area contributed by atoms with E-state index in [9.17, 15) is 22.0 Å². The summed E-state index contributed by atoms with van der Waals surface area (Å²) in [4.78, 5) is 0. The van der Waals surface area contributed by atoms with Crippen LogP contribution in [0.1, 0.15) is 36.1 Å². The van der Waals surface area contributed by atoms with E-state index in [4.69, 9.17) is 0 Å². The third-order valence-electron chi connectivity index (χ3n) is 3.20. The summed E-state index contributed by atoms with van der Waals surface area (Å²) in [6.07, 6.45) is -5.12. The van der Waals surface area contributed by atoms with Crippen LogP contribution in [0.2, 0.25) is 0 Å². The highest BCUT2D eigenvalue weighted by Crippen LogP contribution is 2.44. The lowest BCUT2D eigenvalue weighted by Crippen LogP contribution is -2.48. The van der Waals surface area contributed by atoms with Crippen molar-refractivity contribution in [1.29, 1.82) is 0 Å². The molecule has 1 aromatic carbocycles. The molecule has 1 atom stereocenters. The lowest BCUT2D eigenvalue weighted by atomic mass is 9.96. The van der Waals surface area contributed by atoms with Gasteiger partial charge in [-0.2, -0.15) is 22.0 Å². The summed E-state index contributed by atoms with van der Waals surface area (Å²) >= 11 is 0. The van der Waals surface area contributed by atoms with E-state index in [2.05, 4.69) is 5.32 Å². The van der Waals surface area contributed by atoms with Gasteiger partial charge >= 0.3 is 12.1 Å². The van der Waals surface area contributed by atoms with Gasteiger partial charge in [-0.15, -0.1) is 0 Å². The molecule has 0 saturated heterocycles. The molecule has 1 nitrogen and oxygen atoms in total. The van der Waals surface area contributed by atoms with Crippen molar-refractivity contribution in [3.63, 3.8) is 0 Å². The van der Waals surface area contributed by atoms with Gasteiger partial charge in [0.2, 0.25) is 0 Å². The number of aryl methyl sites for hydroxylation is 2. The third kappa shape index (κ3) is 3.48. The Balaban J connectivity index is 3.21. The Labute approximate surface area is 115 Å². The Kier molecular flexibility index (Phi) is 5.13. The molecule has 1 aromatic rings. The summed E-state index contributed by atoms with van der Waals surface area (Å²) < 4.78 is 65.1. The van der Waals surface area contributed by atoms with E-state index >= 15 is 0 Å². The van der Waals surface area contributed by atoms with E-state index in [0.717, 1.165) is 5.56 Å². The van der Waals surface area contributed by atoms with Crippen LogP contribution < -0.4 is 5.32 Å². The van der Waals surface area contributed by atoms with Crippen LogP contribution in [0, 0.1) is 13.8 Å². The maximum absolute atomic E-state index is 13.6. The second-order valence-electron chi connectivity index (χ2n) is 4.85. The molecule has 0 amide bonds. The number of halogens is 5. The third-order valence-corrected chi connectivity index (χ3v) is 3.20. The first-order valence-corrected chi connectivity index (χ1v) is 6.36. The van der Waals surface area contributed by atoms with Crippen molar-refractivity contribution in [1.82, 2.24) is 5.32 Å². The lowest BCUT2D eigenvalue weighted by Gasteiger charge is -2.30. The Morgan fingerprint density at radius 2 is 1.65 bits per heavy atom. The van der Waals surface area contributed by atoms with Gasteiger partial charge < -0.3 is 5.32 Å². The zero-order valence-corrected chi connectivity index (χ0v) is 11.6. The van der Waals surface area contributed by atoms with Gasteiger partial charge in [0.05, 0.1) is 0 Å². The lowest BCUT2D eigenvalue weighted by molar-refractivity contribution is -0.294. The van der Waals surface area contributed by atoms with Crippen LogP contribution in [0.25, 0.3) is 0 Å². The molecule has 1 unspecified atom stereocenters. The first-order valence-electron chi connectivity index (χ1n) is 6.36. The summed E-state index contributed by atoms with van der Waals surface area (Å²) in [5.74, 6) is -4.82. The molecule has 0 aliphatic heterocycles. The van der Waals surface area contributed by atoms with Gasteiger partial charge in [0.15, 0.2) is 0 Å². The fourth-order valence-corrected chi connectivity index (χ4v) is 1.85. The summed E-state index contributed by atoms with van der Waals surface area (Å²) in [6.45, 7) is 5.25. The van der Waals surface area contributed by atoms with Crippen LogP contribution in [0.3, 0.4) is 0 Å². The second-order valence-corrected chi connectivity index (χ2v) is 4.85. The Morgan fingerprint density at radius 3 is 2.10 bits per heavy atom. The van der Waals surface area contributed by atoms with Gasteiger partial charge in [-0.25, -0.2) is 0 Å². The summed E-state index contributed by atoms with van der Waals surface area (Å²) in [7, 11) is 0. The fourth-order valence-electron chi connectivity index (χ4n) is 1.85. The predicted octanol–water partition coefficient (Wildman–Crippen LogP) is 4.54. The Bertz CT molecular complexity index is 453. The van der Waals surface area contributed by atoms with Crippen molar-refractivity contribution in [2.75, 3.05) is 6.54 Å². The maximum Gasteiger partial charge on any atom is 0.455 e. The highest BCUT2D eigenvalue weighted by molar-refractivity contribution is 5.33. The van der Waals surface area contributed by atoms with E-state index in [-0.39, 0.29) is 12.1 Å². The van der Waals surface area contributed by atoms with Crippen molar-refractivity contribution in [3.05, 3.63) is 34.9 Å². The molecule has 6 heteroatoms. The van der Waals surface area contributed by atoms with E-state index in [1.165, 1.54) is 12.1 Å². The van der Waals surface area contributed by atoms with E-state index in [0.29, 0.717) is 12.0 Å². The molecule has 20 heavy (non-hydrogen) atoms. The van der Waals surface area contributed by atoms with Crippen molar-refractivity contribution < 1.29 is 22.0 Å². The van der Waals surface area contributed by atoms with Crippen LogP contribution in [-0.4, -0.2) is 18.6 Å². The Hall–Kier alpha value is -1.17. The SMILES string of the molecule is CCCNC(c1ccc(C)c(C)c1)C(F)(F)C(F)(F)F. The average Bonchev–Trinajstić information content (AvgIpc) is 2.32. The number of hydrogen-bond donors (Lipinski definition) is 1. The van der Waals surface area contributed by atoms with Gasteiger partial charge in [-0.05, 0) is 43.5 Å². The van der Waals surface area contributed by atoms with Crippen molar-refractivity contribution >= 4 is 0 Å². The van der Waals surface area contributed by atoms with Crippen molar-refractivity contribution in [2.24, 2.45) is 0 Å². The number of alkyl halides is 5. The van der Waals surface area contributed by atoms with Crippen LogP contribution in [0.4, 0.5) is 22.0 Å². The van der Waals surface area contributed by atoms with Gasteiger partial charge in [-0.3, -0.25) is 0 Å². The molecule has 0 bridgehead atoms. The average molecular weight is 295 g/mol. The molecule has 114 valence electrons. The zero-order chi connectivity index (χ0) is 15.6. The second kappa shape index (κ2) is 6.08. The molecular formula is C14H18F5N. The highest BCUT2D eigenvalue weighted by Gasteiger charge is 2.62. The molecule has 0 aromatic heterocycles. The van der Waals surface area contributed by atoms with Crippen molar-refractivity contribution in [3.8, 4) is 0 Å². The minimum absolute atomic E-state index is 0.0520. The number of benzene rings is 1. The van der Waals surface area contributed by atoms with Gasteiger partial charge in [0.1, 0.15) is 6.04 Å². The molecule has 0 saturated carbocycles. The quantitative estimate of drug-likeness (QED) is 0.786. The monoisotopic (exact) mass is 295 g/mol. The van der Waals surface area contributed by atoms with E-state index in [1.807, 2.05) is 0 Å². The molecule has 0 heterocycles. The van der Waals surface area contributed by atoms with Crippen molar-refractivity contribution in [2.45, 2.75) is 45.3 Å². The molecule has 0 aliphatic carbocycles. The predicted molar refractivity (Wildman–Crippen MR) is 68.0 cm³/mol. The number of rotatable bonds is 5. The molecular weight excluding hydrogens is 277 g/mol. The van der Waals surface area contributed by atoms with E-state index < -0.39 is 18.1 Å². The standard InChI is InChI=1S/C14H18F5N/c1-4-7-20-12(13(15,16)14(17,18)19)11-6-5-9(2)10(3)8-11/h5-6,8,12,20H,4,7H2,1-3H3. The first kappa shape index (κ1) is 16.9. The Morgan fingerprint density at radius 1 is 1.05 bits per heavy atom. The van der Waals surface area contributed by atoms with Crippen LogP contribution in [0.5, 0.6) is 0 Å². The molecule has 0 spiro atoms. The normalized spacial score (nSPS) is 14.4. The fraction of sp³-hybridized carbons (Fsp3) is 0.571. The minimum Gasteiger partial charge on any atom is -0.305 e. The molecule has 0 fully saturated rings. The van der Waals surface area contributed by atoms with Gasteiger partial charge in [0.25, 0.3) is 0 Å². The van der Waals surface area contributed by atoms with Crippen LogP contribution in [-0.2, 0) is 0 Å². The topological polar surface area (TPSA) is 12.0 Å². The maximum atomic E-state index is 13.6. The number of nitrogens with one attached hydrogen (secondary N) is 1. The summed E-state index contributed by atoms with van der Waals surface area (Å²) in [5, 5.41) is 2.31. The summed E-state index contributed by atoms with van der Waals surface area (Å²) in [6, 6.07) is 2.18. The molecule has 1 N–H and O–H groups in total. The molecule has 1 rings (SSSR count).